The maximum atomic E-state index is 12.0. The predicted molar refractivity (Wildman–Crippen MR) is 90.5 cm³/mol. The number of hydrogen-bond donors (Lipinski definition) is 1. The molecule has 0 unspecified atom stereocenters. The van der Waals surface area contributed by atoms with Crippen molar-refractivity contribution >= 4 is 35.0 Å². The van der Waals surface area contributed by atoms with E-state index in [1.165, 1.54) is 12.0 Å². The Morgan fingerprint density at radius 3 is 2.54 bits per heavy atom. The average Bonchev–Trinajstić information content (AvgIpc) is 2.90. The molecule has 0 saturated carbocycles. The summed E-state index contributed by atoms with van der Waals surface area (Å²) in [5.74, 6) is -0.152. The zero-order valence-corrected chi connectivity index (χ0v) is 14.4. The number of benzene rings is 1. The van der Waals surface area contributed by atoms with Crippen molar-refractivity contribution in [2.45, 2.75) is 19.8 Å². The molecule has 2 aromatic rings. The molecule has 0 bridgehead atoms. The normalized spacial score (nSPS) is 10.3. The molecule has 0 atom stereocenters. The number of carbonyl (C=O) groups is 2. The number of nitrogens with one attached hydrogen (secondary N) is 1. The van der Waals surface area contributed by atoms with Gasteiger partial charge < -0.3 is 14.6 Å². The van der Waals surface area contributed by atoms with Crippen LogP contribution in [0, 0.1) is 6.92 Å². The Morgan fingerprint density at radius 1 is 1.33 bits per heavy atom. The van der Waals surface area contributed by atoms with E-state index in [0.29, 0.717) is 23.5 Å². The highest BCUT2D eigenvalue weighted by atomic mass is 35.5. The van der Waals surface area contributed by atoms with Crippen LogP contribution in [0.2, 0.25) is 5.22 Å². The van der Waals surface area contributed by atoms with Crippen molar-refractivity contribution in [3.63, 3.8) is 0 Å². The standard InChI is InChI=1S/C16H18ClN3O4/c1-10-13(15(17)24-19-10)8-9-14(21)18-11-4-6-12(7-5-11)20(2)16(22)23-3/h4-7H,8-9H2,1-3H3,(H,18,21). The van der Waals surface area contributed by atoms with E-state index in [-0.39, 0.29) is 17.5 Å². The van der Waals surface area contributed by atoms with Crippen LogP contribution in [0.25, 0.3) is 0 Å². The molecule has 0 aliphatic carbocycles. The van der Waals surface area contributed by atoms with E-state index < -0.39 is 6.09 Å². The number of methoxy groups -OCH3 is 1. The van der Waals surface area contributed by atoms with E-state index in [1.54, 1.807) is 38.2 Å². The lowest BCUT2D eigenvalue weighted by Gasteiger charge is -2.15. The van der Waals surface area contributed by atoms with Gasteiger partial charge in [0.2, 0.25) is 11.1 Å². The van der Waals surface area contributed by atoms with Gasteiger partial charge in [-0.2, -0.15) is 0 Å². The minimum absolute atomic E-state index is 0.152. The number of hydrogen-bond acceptors (Lipinski definition) is 5. The molecular formula is C16H18ClN3O4. The third kappa shape index (κ3) is 4.26. The molecule has 1 heterocycles. The van der Waals surface area contributed by atoms with Gasteiger partial charge in [-0.3, -0.25) is 9.69 Å². The molecule has 8 heteroatoms. The first-order valence-corrected chi connectivity index (χ1v) is 7.62. The fourth-order valence-electron chi connectivity index (χ4n) is 2.11. The summed E-state index contributed by atoms with van der Waals surface area (Å²) in [4.78, 5) is 24.8. The minimum Gasteiger partial charge on any atom is -0.452 e. The number of carbonyl (C=O) groups excluding carboxylic acids is 2. The predicted octanol–water partition coefficient (Wildman–Crippen LogP) is 3.41. The zero-order chi connectivity index (χ0) is 17.7. The number of nitrogens with zero attached hydrogens (tertiary/aromatic N) is 2. The Balaban J connectivity index is 1.91. The lowest BCUT2D eigenvalue weighted by Crippen LogP contribution is -2.25. The van der Waals surface area contributed by atoms with E-state index in [4.69, 9.17) is 16.1 Å². The van der Waals surface area contributed by atoms with Crippen molar-refractivity contribution in [3.8, 4) is 0 Å². The van der Waals surface area contributed by atoms with Crippen molar-refractivity contribution in [2.24, 2.45) is 0 Å². The molecule has 1 aromatic carbocycles. The van der Waals surface area contributed by atoms with Gasteiger partial charge in [-0.1, -0.05) is 5.16 Å². The number of amides is 2. The SMILES string of the molecule is COC(=O)N(C)c1ccc(NC(=O)CCc2c(C)noc2Cl)cc1. The molecule has 0 aliphatic heterocycles. The number of ether oxygens (including phenoxy) is 1. The molecule has 128 valence electrons. The van der Waals surface area contributed by atoms with Crippen molar-refractivity contribution in [1.29, 1.82) is 0 Å². The lowest BCUT2D eigenvalue weighted by atomic mass is 10.1. The molecule has 0 spiro atoms. The third-order valence-electron chi connectivity index (χ3n) is 3.53. The molecule has 1 N–H and O–H groups in total. The highest BCUT2D eigenvalue weighted by Gasteiger charge is 2.13. The van der Waals surface area contributed by atoms with Gasteiger partial charge in [0.15, 0.2) is 0 Å². The van der Waals surface area contributed by atoms with E-state index in [1.807, 2.05) is 0 Å². The van der Waals surface area contributed by atoms with Crippen LogP contribution < -0.4 is 10.2 Å². The Hall–Kier alpha value is -2.54. The van der Waals surface area contributed by atoms with Crippen molar-refractivity contribution in [1.82, 2.24) is 5.16 Å². The van der Waals surface area contributed by atoms with E-state index >= 15 is 0 Å². The van der Waals surface area contributed by atoms with Crippen LogP contribution in [0.3, 0.4) is 0 Å². The summed E-state index contributed by atoms with van der Waals surface area (Å²) < 4.78 is 9.49. The van der Waals surface area contributed by atoms with Gasteiger partial charge >= 0.3 is 6.09 Å². The smallest absolute Gasteiger partial charge is 0.413 e. The first-order chi connectivity index (χ1) is 11.4. The maximum absolute atomic E-state index is 12.0. The first-order valence-electron chi connectivity index (χ1n) is 7.24. The Kier molecular flexibility index (Phi) is 5.81. The highest BCUT2D eigenvalue weighted by Crippen LogP contribution is 2.21. The van der Waals surface area contributed by atoms with E-state index in [9.17, 15) is 9.59 Å². The summed E-state index contributed by atoms with van der Waals surface area (Å²) in [5, 5.41) is 6.75. The molecule has 0 saturated heterocycles. The van der Waals surface area contributed by atoms with Crippen LogP contribution in [0.4, 0.5) is 16.2 Å². The number of anilines is 2. The average molecular weight is 352 g/mol. The number of aryl methyl sites for hydroxylation is 1. The second-order valence-electron chi connectivity index (χ2n) is 5.14. The van der Waals surface area contributed by atoms with Gasteiger partial charge in [0.1, 0.15) is 0 Å². The molecule has 0 radical (unpaired) electrons. The van der Waals surface area contributed by atoms with Crippen LogP contribution in [0.15, 0.2) is 28.8 Å². The zero-order valence-electron chi connectivity index (χ0n) is 13.6. The van der Waals surface area contributed by atoms with Gasteiger partial charge in [0, 0.05) is 30.4 Å². The maximum Gasteiger partial charge on any atom is 0.413 e. The number of aromatic nitrogens is 1. The first kappa shape index (κ1) is 17.8. The van der Waals surface area contributed by atoms with Gasteiger partial charge in [0.05, 0.1) is 12.8 Å². The highest BCUT2D eigenvalue weighted by molar-refractivity contribution is 6.29. The van der Waals surface area contributed by atoms with Crippen LogP contribution in [-0.2, 0) is 16.0 Å². The minimum atomic E-state index is -0.465. The summed E-state index contributed by atoms with van der Waals surface area (Å²) in [5.41, 5.74) is 2.71. The Morgan fingerprint density at radius 2 is 2.00 bits per heavy atom. The molecule has 2 amide bonds. The molecule has 1 aromatic heterocycles. The second-order valence-corrected chi connectivity index (χ2v) is 5.49. The molecule has 0 fully saturated rings. The summed E-state index contributed by atoms with van der Waals surface area (Å²) in [6.07, 6.45) is 0.238. The van der Waals surface area contributed by atoms with Crippen molar-refractivity contribution < 1.29 is 18.8 Å². The summed E-state index contributed by atoms with van der Waals surface area (Å²) in [6, 6.07) is 6.86. The van der Waals surface area contributed by atoms with Crippen LogP contribution >= 0.6 is 11.6 Å². The van der Waals surface area contributed by atoms with Gasteiger partial charge in [-0.15, -0.1) is 0 Å². The fraction of sp³-hybridized carbons (Fsp3) is 0.312. The third-order valence-corrected chi connectivity index (χ3v) is 3.82. The quantitative estimate of drug-likeness (QED) is 0.892. The van der Waals surface area contributed by atoms with Gasteiger partial charge in [-0.25, -0.2) is 4.79 Å². The van der Waals surface area contributed by atoms with Crippen LogP contribution in [0.1, 0.15) is 17.7 Å². The lowest BCUT2D eigenvalue weighted by molar-refractivity contribution is -0.116. The topological polar surface area (TPSA) is 84.7 Å². The van der Waals surface area contributed by atoms with Crippen LogP contribution in [0.5, 0.6) is 0 Å². The Labute approximate surface area is 144 Å². The fourth-order valence-corrected chi connectivity index (χ4v) is 2.38. The van der Waals surface area contributed by atoms with Gasteiger partial charge in [0.25, 0.3) is 0 Å². The summed E-state index contributed by atoms with van der Waals surface area (Å²) >= 11 is 5.87. The van der Waals surface area contributed by atoms with Gasteiger partial charge in [-0.05, 0) is 49.2 Å². The van der Waals surface area contributed by atoms with Crippen LogP contribution in [-0.4, -0.2) is 31.3 Å². The van der Waals surface area contributed by atoms with Crippen molar-refractivity contribution in [2.75, 3.05) is 24.4 Å². The largest absolute Gasteiger partial charge is 0.452 e. The number of halogens is 1. The van der Waals surface area contributed by atoms with Crippen molar-refractivity contribution in [3.05, 3.63) is 40.7 Å². The summed E-state index contributed by atoms with van der Waals surface area (Å²) in [7, 11) is 2.92. The number of rotatable bonds is 5. The second kappa shape index (κ2) is 7.83. The molecule has 7 nitrogen and oxygen atoms in total. The molecule has 24 heavy (non-hydrogen) atoms. The van der Waals surface area contributed by atoms with E-state index in [0.717, 1.165) is 5.56 Å². The molecular weight excluding hydrogens is 334 g/mol. The Bertz CT molecular complexity index is 708. The monoisotopic (exact) mass is 351 g/mol. The molecule has 2 rings (SSSR count). The summed E-state index contributed by atoms with van der Waals surface area (Å²) in [6.45, 7) is 1.78. The van der Waals surface area contributed by atoms with E-state index in [2.05, 4.69) is 15.2 Å². The molecule has 0 aliphatic rings.